The third-order valence-electron chi connectivity index (χ3n) is 4.38. The Morgan fingerprint density at radius 2 is 1.85 bits per heavy atom. The van der Waals surface area contributed by atoms with Crippen LogP contribution in [0.15, 0.2) is 36.4 Å². The Kier molecular flexibility index (Phi) is 4.96. The Morgan fingerprint density at radius 3 is 2.48 bits per heavy atom. The first-order valence-electron chi connectivity index (χ1n) is 8.59. The smallest absolute Gasteiger partial charge is 0.204 e. The quantitative estimate of drug-likeness (QED) is 0.537. The van der Waals surface area contributed by atoms with Crippen LogP contribution < -0.4 is 0 Å². The summed E-state index contributed by atoms with van der Waals surface area (Å²) in [7, 11) is 0. The summed E-state index contributed by atoms with van der Waals surface area (Å²) in [4.78, 5) is 10.5. The van der Waals surface area contributed by atoms with E-state index in [1.807, 2.05) is 31.2 Å². The maximum Gasteiger partial charge on any atom is 0.204 e. The highest BCUT2D eigenvalue weighted by molar-refractivity contribution is 7.19. The molecule has 8 heteroatoms. The number of hydrogen-bond acceptors (Lipinski definition) is 6. The van der Waals surface area contributed by atoms with E-state index >= 15 is 0 Å². The van der Waals surface area contributed by atoms with Gasteiger partial charge in [0.2, 0.25) is 5.82 Å². The molecule has 3 aromatic heterocycles. The molecule has 1 N–H and O–H groups in total. The molecule has 0 aliphatic carbocycles. The molecule has 0 bridgehead atoms. The van der Waals surface area contributed by atoms with E-state index in [2.05, 4.69) is 39.7 Å². The zero-order chi connectivity index (χ0) is 18.8. The van der Waals surface area contributed by atoms with Gasteiger partial charge in [-0.3, -0.25) is 0 Å². The summed E-state index contributed by atoms with van der Waals surface area (Å²) in [5.41, 5.74) is 5.37. The fourth-order valence-corrected chi connectivity index (χ4v) is 4.03. The summed E-state index contributed by atoms with van der Waals surface area (Å²) in [6, 6.07) is 12.0. The van der Waals surface area contributed by atoms with E-state index in [1.165, 1.54) is 22.5 Å². The number of rotatable bonds is 5. The summed E-state index contributed by atoms with van der Waals surface area (Å²) >= 11 is 7.58. The van der Waals surface area contributed by atoms with Crippen molar-refractivity contribution in [2.24, 2.45) is 0 Å². The van der Waals surface area contributed by atoms with E-state index in [9.17, 15) is 0 Å². The number of H-pyrrole nitrogens is 1. The van der Waals surface area contributed by atoms with E-state index in [4.69, 9.17) is 21.6 Å². The minimum atomic E-state index is 0.588. The van der Waals surface area contributed by atoms with Gasteiger partial charge in [0.15, 0.2) is 5.82 Å². The Labute approximate surface area is 165 Å². The minimum absolute atomic E-state index is 0.588. The van der Waals surface area contributed by atoms with Gasteiger partial charge in [0.25, 0.3) is 0 Å². The minimum Gasteiger partial charge on any atom is -0.232 e. The van der Waals surface area contributed by atoms with E-state index in [0.29, 0.717) is 5.82 Å². The standard InChI is InChI=1S/C19H17ClN6S/c1-3-14-11(2)21-19(16-8-9-17(20)27-16)22-15(14)10-12-4-6-13(7-5-12)18-23-25-26-24-18/h4-9H,3,10H2,1-2H3,(H,23,24,25,26). The van der Waals surface area contributed by atoms with Crippen LogP contribution >= 0.6 is 22.9 Å². The number of aromatic amines is 1. The first kappa shape index (κ1) is 17.8. The number of aryl methyl sites for hydroxylation is 1. The van der Waals surface area contributed by atoms with Crippen molar-refractivity contribution in [2.45, 2.75) is 26.7 Å². The van der Waals surface area contributed by atoms with E-state index in [1.54, 1.807) is 0 Å². The van der Waals surface area contributed by atoms with Gasteiger partial charge in [0.05, 0.1) is 14.9 Å². The molecule has 0 amide bonds. The molecule has 0 saturated heterocycles. The maximum absolute atomic E-state index is 6.08. The molecule has 136 valence electrons. The average molecular weight is 397 g/mol. The summed E-state index contributed by atoms with van der Waals surface area (Å²) in [5, 5.41) is 14.1. The molecule has 0 unspecified atom stereocenters. The number of aromatic nitrogens is 6. The van der Waals surface area contributed by atoms with Crippen molar-refractivity contribution in [2.75, 3.05) is 0 Å². The van der Waals surface area contributed by atoms with Crippen molar-refractivity contribution in [3.8, 4) is 22.1 Å². The summed E-state index contributed by atoms with van der Waals surface area (Å²) in [6.07, 6.45) is 1.64. The van der Waals surface area contributed by atoms with Gasteiger partial charge in [0, 0.05) is 17.7 Å². The molecule has 4 aromatic rings. The zero-order valence-electron chi connectivity index (χ0n) is 14.9. The summed E-state index contributed by atoms with van der Waals surface area (Å²) < 4.78 is 0.740. The van der Waals surface area contributed by atoms with Gasteiger partial charge < -0.3 is 0 Å². The molecule has 27 heavy (non-hydrogen) atoms. The second-order valence-corrected chi connectivity index (χ2v) is 7.84. The number of thiophene rings is 1. The van der Waals surface area contributed by atoms with Crippen LogP contribution in [0, 0.1) is 6.92 Å². The van der Waals surface area contributed by atoms with E-state index in [0.717, 1.165) is 44.8 Å². The largest absolute Gasteiger partial charge is 0.232 e. The molecule has 0 aliphatic rings. The number of nitrogens with one attached hydrogen (secondary N) is 1. The lowest BCUT2D eigenvalue weighted by Crippen LogP contribution is -2.05. The van der Waals surface area contributed by atoms with Gasteiger partial charge in [-0.25, -0.2) is 9.97 Å². The van der Waals surface area contributed by atoms with Gasteiger partial charge in [-0.05, 0) is 41.8 Å². The van der Waals surface area contributed by atoms with Gasteiger partial charge in [0.1, 0.15) is 0 Å². The summed E-state index contributed by atoms with van der Waals surface area (Å²) in [5.74, 6) is 1.32. The number of nitrogens with zero attached hydrogens (tertiary/aromatic N) is 5. The first-order valence-corrected chi connectivity index (χ1v) is 9.78. The predicted octanol–water partition coefficient (Wildman–Crippen LogP) is 4.50. The van der Waals surface area contributed by atoms with Crippen LogP contribution in [-0.4, -0.2) is 30.6 Å². The van der Waals surface area contributed by atoms with Crippen LogP contribution in [0.25, 0.3) is 22.1 Å². The lowest BCUT2D eigenvalue weighted by Gasteiger charge is -2.12. The molecule has 0 saturated carbocycles. The fraction of sp³-hybridized carbons (Fsp3) is 0.211. The van der Waals surface area contributed by atoms with Gasteiger partial charge in [-0.2, -0.15) is 5.21 Å². The van der Waals surface area contributed by atoms with Crippen LogP contribution in [0.4, 0.5) is 0 Å². The predicted molar refractivity (Wildman–Crippen MR) is 107 cm³/mol. The second kappa shape index (κ2) is 7.54. The highest BCUT2D eigenvalue weighted by Crippen LogP contribution is 2.30. The zero-order valence-corrected chi connectivity index (χ0v) is 16.5. The van der Waals surface area contributed by atoms with Gasteiger partial charge >= 0.3 is 0 Å². The van der Waals surface area contributed by atoms with Crippen LogP contribution in [0.2, 0.25) is 4.34 Å². The lowest BCUT2D eigenvalue weighted by molar-refractivity contribution is 0.881. The SMILES string of the molecule is CCc1c(C)nc(-c2ccc(Cl)s2)nc1Cc1ccc(-c2nn[nH]n2)cc1. The van der Waals surface area contributed by atoms with Crippen molar-refractivity contribution in [3.63, 3.8) is 0 Å². The molecule has 3 heterocycles. The number of halogens is 1. The molecule has 0 fully saturated rings. The van der Waals surface area contributed by atoms with Crippen molar-refractivity contribution < 1.29 is 0 Å². The molecular weight excluding hydrogens is 380 g/mol. The Balaban J connectivity index is 1.67. The normalized spacial score (nSPS) is 11.1. The topological polar surface area (TPSA) is 80.2 Å². The summed E-state index contributed by atoms with van der Waals surface area (Å²) in [6.45, 7) is 4.18. The highest BCUT2D eigenvalue weighted by Gasteiger charge is 2.14. The van der Waals surface area contributed by atoms with E-state index in [-0.39, 0.29) is 0 Å². The molecule has 0 spiro atoms. The Morgan fingerprint density at radius 1 is 1.04 bits per heavy atom. The van der Waals surface area contributed by atoms with Crippen molar-refractivity contribution in [1.29, 1.82) is 0 Å². The van der Waals surface area contributed by atoms with Crippen LogP contribution in [0.1, 0.15) is 29.4 Å². The molecular formula is C19H17ClN6S. The molecule has 1 aromatic carbocycles. The third-order valence-corrected chi connectivity index (χ3v) is 5.60. The second-order valence-electron chi connectivity index (χ2n) is 6.12. The Hall–Kier alpha value is -2.64. The van der Waals surface area contributed by atoms with Gasteiger partial charge in [-0.1, -0.05) is 42.8 Å². The maximum atomic E-state index is 6.08. The highest BCUT2D eigenvalue weighted by atomic mass is 35.5. The van der Waals surface area contributed by atoms with E-state index < -0.39 is 0 Å². The van der Waals surface area contributed by atoms with Crippen LogP contribution in [0.3, 0.4) is 0 Å². The van der Waals surface area contributed by atoms with Crippen molar-refractivity contribution in [1.82, 2.24) is 30.6 Å². The molecule has 0 aliphatic heterocycles. The Bertz CT molecular complexity index is 1060. The molecule has 6 nitrogen and oxygen atoms in total. The van der Waals surface area contributed by atoms with Crippen molar-refractivity contribution >= 4 is 22.9 Å². The van der Waals surface area contributed by atoms with Crippen molar-refractivity contribution in [3.05, 3.63) is 63.2 Å². The third kappa shape index (κ3) is 3.74. The first-order chi connectivity index (χ1) is 13.1. The number of tetrazole rings is 1. The fourth-order valence-electron chi connectivity index (χ4n) is 3.06. The molecule has 0 radical (unpaired) electrons. The van der Waals surface area contributed by atoms with Crippen LogP contribution in [-0.2, 0) is 12.8 Å². The number of hydrogen-bond donors (Lipinski definition) is 1. The van der Waals surface area contributed by atoms with Gasteiger partial charge in [-0.15, -0.1) is 21.5 Å². The monoisotopic (exact) mass is 396 g/mol. The lowest BCUT2D eigenvalue weighted by atomic mass is 10.0. The molecule has 0 atom stereocenters. The van der Waals surface area contributed by atoms with Crippen LogP contribution in [0.5, 0.6) is 0 Å². The molecule has 4 rings (SSSR count). The number of benzene rings is 1. The average Bonchev–Trinajstić information content (AvgIpc) is 3.34.